The smallest absolute Gasteiger partial charge is 0.109 e. The second kappa shape index (κ2) is 3.74. The number of fused-ring (bicyclic) bond motifs is 1. The van der Waals surface area contributed by atoms with Gasteiger partial charge < -0.3 is 4.57 Å². The van der Waals surface area contributed by atoms with Gasteiger partial charge in [-0.1, -0.05) is 6.92 Å². The van der Waals surface area contributed by atoms with Crippen molar-refractivity contribution in [1.29, 1.82) is 0 Å². The SMILES string of the molecule is Cc1ccc(-c2cn3c(n2)CC(C)CC3)s1. The topological polar surface area (TPSA) is 17.8 Å². The molecule has 0 N–H and O–H groups in total. The van der Waals surface area contributed by atoms with Gasteiger partial charge in [0.15, 0.2) is 0 Å². The van der Waals surface area contributed by atoms with Crippen LogP contribution in [0.15, 0.2) is 18.3 Å². The average molecular weight is 232 g/mol. The van der Waals surface area contributed by atoms with Crippen molar-refractivity contribution < 1.29 is 0 Å². The van der Waals surface area contributed by atoms with Gasteiger partial charge >= 0.3 is 0 Å². The molecule has 3 rings (SSSR count). The molecule has 1 aliphatic rings. The number of aromatic nitrogens is 2. The number of aryl methyl sites for hydroxylation is 2. The number of hydrogen-bond acceptors (Lipinski definition) is 2. The maximum Gasteiger partial charge on any atom is 0.109 e. The lowest BCUT2D eigenvalue weighted by Gasteiger charge is -2.18. The zero-order chi connectivity index (χ0) is 11.1. The quantitative estimate of drug-likeness (QED) is 0.735. The highest BCUT2D eigenvalue weighted by Crippen LogP contribution is 2.29. The lowest BCUT2D eigenvalue weighted by atomic mass is 10.0. The maximum absolute atomic E-state index is 4.76. The average Bonchev–Trinajstić information content (AvgIpc) is 2.83. The van der Waals surface area contributed by atoms with Crippen LogP contribution in [-0.4, -0.2) is 9.55 Å². The molecule has 2 nitrogen and oxygen atoms in total. The summed E-state index contributed by atoms with van der Waals surface area (Å²) in [7, 11) is 0. The molecule has 0 amide bonds. The Morgan fingerprint density at radius 2 is 2.31 bits per heavy atom. The Morgan fingerprint density at radius 1 is 1.44 bits per heavy atom. The van der Waals surface area contributed by atoms with Gasteiger partial charge in [0, 0.05) is 24.0 Å². The van der Waals surface area contributed by atoms with Crippen molar-refractivity contribution in [3.63, 3.8) is 0 Å². The van der Waals surface area contributed by atoms with Gasteiger partial charge in [-0.25, -0.2) is 4.98 Å². The van der Waals surface area contributed by atoms with Crippen molar-refractivity contribution in [1.82, 2.24) is 9.55 Å². The van der Waals surface area contributed by atoms with Crippen LogP contribution < -0.4 is 0 Å². The van der Waals surface area contributed by atoms with Crippen molar-refractivity contribution >= 4 is 11.3 Å². The van der Waals surface area contributed by atoms with Crippen LogP contribution in [0.25, 0.3) is 10.6 Å². The third kappa shape index (κ3) is 1.69. The van der Waals surface area contributed by atoms with E-state index < -0.39 is 0 Å². The van der Waals surface area contributed by atoms with Crippen LogP contribution in [0.4, 0.5) is 0 Å². The van der Waals surface area contributed by atoms with Crippen LogP contribution in [0, 0.1) is 12.8 Å². The van der Waals surface area contributed by atoms with Gasteiger partial charge in [0.1, 0.15) is 5.82 Å². The molecule has 2 aromatic heterocycles. The van der Waals surface area contributed by atoms with Crippen LogP contribution >= 0.6 is 11.3 Å². The zero-order valence-corrected chi connectivity index (χ0v) is 10.5. The molecule has 0 aliphatic carbocycles. The molecule has 0 fully saturated rings. The molecule has 0 saturated carbocycles. The standard InChI is InChI=1S/C13H16N2S/c1-9-5-6-15-8-11(14-13(15)7-9)12-4-3-10(2)16-12/h3-4,8-9H,5-7H2,1-2H3. The number of thiophene rings is 1. The summed E-state index contributed by atoms with van der Waals surface area (Å²) in [6.07, 6.45) is 4.63. The summed E-state index contributed by atoms with van der Waals surface area (Å²) in [5, 5.41) is 0. The molecule has 2 aromatic rings. The van der Waals surface area contributed by atoms with Crippen LogP contribution in [0.1, 0.15) is 24.0 Å². The van der Waals surface area contributed by atoms with Gasteiger partial charge in [0.2, 0.25) is 0 Å². The van der Waals surface area contributed by atoms with Crippen molar-refractivity contribution in [2.24, 2.45) is 5.92 Å². The number of imidazole rings is 1. The first-order valence-corrected chi connectivity index (χ1v) is 6.67. The highest BCUT2D eigenvalue weighted by Gasteiger charge is 2.18. The lowest BCUT2D eigenvalue weighted by molar-refractivity contribution is 0.409. The minimum Gasteiger partial charge on any atom is -0.334 e. The summed E-state index contributed by atoms with van der Waals surface area (Å²) in [5.41, 5.74) is 1.15. The molecule has 0 radical (unpaired) electrons. The molecule has 0 saturated heterocycles. The Bertz CT molecular complexity index is 510. The second-order valence-electron chi connectivity index (χ2n) is 4.74. The van der Waals surface area contributed by atoms with E-state index >= 15 is 0 Å². The van der Waals surface area contributed by atoms with Crippen molar-refractivity contribution in [2.45, 2.75) is 33.2 Å². The van der Waals surface area contributed by atoms with E-state index in [0.717, 1.165) is 24.6 Å². The van der Waals surface area contributed by atoms with Gasteiger partial charge in [-0.05, 0) is 31.4 Å². The van der Waals surface area contributed by atoms with E-state index in [1.54, 1.807) is 0 Å². The van der Waals surface area contributed by atoms with Gasteiger partial charge in [0.05, 0.1) is 10.6 Å². The van der Waals surface area contributed by atoms with Gasteiger partial charge in [-0.15, -0.1) is 11.3 Å². The molecule has 1 atom stereocenters. The van der Waals surface area contributed by atoms with Gasteiger partial charge in [-0.2, -0.15) is 0 Å². The summed E-state index contributed by atoms with van der Waals surface area (Å²) in [5.74, 6) is 2.05. The monoisotopic (exact) mass is 232 g/mol. The van der Waals surface area contributed by atoms with Gasteiger partial charge in [-0.3, -0.25) is 0 Å². The molecule has 1 aliphatic heterocycles. The molecule has 0 aromatic carbocycles. The molecule has 0 bridgehead atoms. The van der Waals surface area contributed by atoms with Crippen molar-refractivity contribution in [3.05, 3.63) is 29.0 Å². The van der Waals surface area contributed by atoms with Crippen LogP contribution in [0.3, 0.4) is 0 Å². The Balaban J connectivity index is 1.98. The normalized spacial score (nSPS) is 19.8. The van der Waals surface area contributed by atoms with Crippen molar-refractivity contribution in [2.75, 3.05) is 0 Å². The summed E-state index contributed by atoms with van der Waals surface area (Å²) in [6.45, 7) is 5.59. The number of hydrogen-bond donors (Lipinski definition) is 0. The van der Waals surface area contributed by atoms with E-state index in [1.165, 1.54) is 22.0 Å². The van der Waals surface area contributed by atoms with E-state index in [0.29, 0.717) is 0 Å². The number of rotatable bonds is 1. The molecule has 84 valence electrons. The van der Waals surface area contributed by atoms with Crippen LogP contribution in [0.5, 0.6) is 0 Å². The molecule has 3 heterocycles. The largest absolute Gasteiger partial charge is 0.334 e. The van der Waals surface area contributed by atoms with E-state index in [1.807, 2.05) is 11.3 Å². The summed E-state index contributed by atoms with van der Waals surface area (Å²) >= 11 is 1.83. The third-order valence-electron chi connectivity index (χ3n) is 3.25. The minimum absolute atomic E-state index is 0.785. The fourth-order valence-electron chi connectivity index (χ4n) is 2.27. The Labute approximate surface area is 100.0 Å². The van der Waals surface area contributed by atoms with E-state index in [9.17, 15) is 0 Å². The minimum atomic E-state index is 0.785. The second-order valence-corrected chi connectivity index (χ2v) is 6.03. The Morgan fingerprint density at radius 3 is 3.06 bits per heavy atom. The van der Waals surface area contributed by atoms with Crippen molar-refractivity contribution in [3.8, 4) is 10.6 Å². The summed E-state index contributed by atoms with van der Waals surface area (Å²) in [6, 6.07) is 4.35. The Hall–Kier alpha value is -1.09. The summed E-state index contributed by atoms with van der Waals surface area (Å²) in [4.78, 5) is 7.41. The fourth-order valence-corrected chi connectivity index (χ4v) is 3.10. The molecular formula is C13H16N2S. The molecule has 16 heavy (non-hydrogen) atoms. The molecular weight excluding hydrogens is 216 g/mol. The van der Waals surface area contributed by atoms with Gasteiger partial charge in [0.25, 0.3) is 0 Å². The highest BCUT2D eigenvalue weighted by molar-refractivity contribution is 7.15. The third-order valence-corrected chi connectivity index (χ3v) is 4.27. The van der Waals surface area contributed by atoms with E-state index in [-0.39, 0.29) is 0 Å². The first kappa shape index (κ1) is 10.1. The molecule has 0 spiro atoms. The predicted molar refractivity (Wildman–Crippen MR) is 67.8 cm³/mol. The Kier molecular flexibility index (Phi) is 2.36. The maximum atomic E-state index is 4.76. The first-order chi connectivity index (χ1) is 7.72. The molecule has 1 unspecified atom stereocenters. The summed E-state index contributed by atoms with van der Waals surface area (Å²) < 4.78 is 2.32. The first-order valence-electron chi connectivity index (χ1n) is 5.85. The zero-order valence-electron chi connectivity index (χ0n) is 9.73. The fraction of sp³-hybridized carbons (Fsp3) is 0.462. The van der Waals surface area contributed by atoms with E-state index in [4.69, 9.17) is 4.98 Å². The molecule has 3 heteroatoms. The predicted octanol–water partition coefficient (Wildman–Crippen LogP) is 3.50. The van der Waals surface area contributed by atoms with Crippen LogP contribution in [0.2, 0.25) is 0 Å². The number of nitrogens with zero attached hydrogens (tertiary/aromatic N) is 2. The van der Waals surface area contributed by atoms with Crippen LogP contribution in [-0.2, 0) is 13.0 Å². The lowest BCUT2D eigenvalue weighted by Crippen LogP contribution is -2.16. The highest BCUT2D eigenvalue weighted by atomic mass is 32.1. The van der Waals surface area contributed by atoms with E-state index in [2.05, 4.69) is 36.7 Å².